The fraction of sp³-hybridized carbons (Fsp3) is 0.333. The van der Waals surface area contributed by atoms with Crippen LogP contribution in [0.1, 0.15) is 21.8 Å². The van der Waals surface area contributed by atoms with Crippen LogP contribution in [0, 0.1) is 5.82 Å². The lowest BCUT2D eigenvalue weighted by atomic mass is 9.71. The van der Waals surface area contributed by atoms with Gasteiger partial charge in [0.1, 0.15) is 12.4 Å². The number of hydrogen-bond acceptors (Lipinski definition) is 4. The van der Waals surface area contributed by atoms with Gasteiger partial charge in [0.2, 0.25) is 5.91 Å². The highest BCUT2D eigenvalue weighted by atomic mass is 19.1. The molecule has 0 aliphatic carbocycles. The van der Waals surface area contributed by atoms with Crippen LogP contribution in [0.25, 0.3) is 0 Å². The molecule has 6 nitrogen and oxygen atoms in total. The number of fused-ring (bicyclic) bond motifs is 3. The van der Waals surface area contributed by atoms with Crippen molar-refractivity contribution in [2.75, 3.05) is 31.8 Å². The molecule has 0 unspecified atom stereocenters. The zero-order chi connectivity index (χ0) is 19.8. The average molecular weight is 384 g/mol. The van der Waals surface area contributed by atoms with E-state index in [1.807, 2.05) is 24.3 Å². The third-order valence-electron chi connectivity index (χ3n) is 5.59. The van der Waals surface area contributed by atoms with E-state index in [4.69, 9.17) is 4.74 Å². The first kappa shape index (κ1) is 18.6. The first-order chi connectivity index (χ1) is 13.6. The van der Waals surface area contributed by atoms with Crippen LogP contribution in [0.4, 0.5) is 10.1 Å². The number of anilines is 1. The minimum Gasteiger partial charge on any atom is -0.394 e. The topological polar surface area (TPSA) is 70.1 Å². The number of nitrogens with zero attached hydrogens (tertiary/aromatic N) is 2. The Morgan fingerprint density at radius 3 is 2.61 bits per heavy atom. The standard InChI is InChI=1S/C21H21FN2O4/c1-28-12-19(26)24-17-10-23(21(27)13-6-2-4-8-15(13)22)16-9-5-3-7-14(16)20(17)18(24)11-25/h2-9,17-18,20,25H,10-12H2,1H3/t17-,18-,20+/m1/s1. The van der Waals surface area contributed by atoms with Crippen molar-refractivity contribution >= 4 is 17.5 Å². The number of benzene rings is 2. The number of carbonyl (C=O) groups excluding carboxylic acids is 2. The summed E-state index contributed by atoms with van der Waals surface area (Å²) in [6.07, 6.45) is 0. The minimum atomic E-state index is -0.582. The molecule has 2 aliphatic rings. The van der Waals surface area contributed by atoms with Gasteiger partial charge in [0.15, 0.2) is 0 Å². The highest BCUT2D eigenvalue weighted by Crippen LogP contribution is 2.48. The smallest absolute Gasteiger partial charge is 0.261 e. The predicted octanol–water partition coefficient (Wildman–Crippen LogP) is 1.79. The molecule has 2 heterocycles. The van der Waals surface area contributed by atoms with Gasteiger partial charge in [-0.15, -0.1) is 0 Å². The van der Waals surface area contributed by atoms with E-state index in [9.17, 15) is 19.1 Å². The molecule has 4 rings (SSSR count). The Labute approximate surface area is 162 Å². The number of rotatable bonds is 4. The number of carbonyl (C=O) groups is 2. The van der Waals surface area contributed by atoms with Crippen LogP contribution in [0.3, 0.4) is 0 Å². The third-order valence-corrected chi connectivity index (χ3v) is 5.59. The van der Waals surface area contributed by atoms with Gasteiger partial charge in [0, 0.05) is 25.3 Å². The van der Waals surface area contributed by atoms with E-state index in [-0.39, 0.29) is 49.2 Å². The maximum absolute atomic E-state index is 14.2. The molecule has 1 saturated heterocycles. The van der Waals surface area contributed by atoms with Gasteiger partial charge in [-0.1, -0.05) is 30.3 Å². The maximum Gasteiger partial charge on any atom is 0.261 e. The number of methoxy groups -OCH3 is 1. The largest absolute Gasteiger partial charge is 0.394 e. The van der Waals surface area contributed by atoms with Crippen molar-refractivity contribution in [1.82, 2.24) is 4.90 Å². The molecule has 0 radical (unpaired) electrons. The van der Waals surface area contributed by atoms with E-state index in [1.54, 1.807) is 11.0 Å². The quantitative estimate of drug-likeness (QED) is 0.873. The van der Waals surface area contributed by atoms with Crippen LogP contribution in [-0.4, -0.2) is 60.8 Å². The summed E-state index contributed by atoms with van der Waals surface area (Å²) in [6.45, 7) is -0.0321. The van der Waals surface area contributed by atoms with Crippen molar-refractivity contribution in [3.63, 3.8) is 0 Å². The summed E-state index contributed by atoms with van der Waals surface area (Å²) in [5, 5.41) is 9.86. The lowest BCUT2D eigenvalue weighted by molar-refractivity contribution is -0.154. The normalized spacial score (nSPS) is 22.9. The molecule has 3 atom stereocenters. The number of likely N-dealkylation sites (tertiary alicyclic amines) is 1. The van der Waals surface area contributed by atoms with Crippen molar-refractivity contribution in [2.24, 2.45) is 0 Å². The highest BCUT2D eigenvalue weighted by Gasteiger charge is 2.55. The second-order valence-corrected chi connectivity index (χ2v) is 7.03. The highest BCUT2D eigenvalue weighted by molar-refractivity contribution is 6.07. The van der Waals surface area contributed by atoms with Gasteiger partial charge < -0.3 is 19.6 Å². The number of halogens is 1. The van der Waals surface area contributed by atoms with E-state index < -0.39 is 11.7 Å². The average Bonchev–Trinajstić information content (AvgIpc) is 2.68. The molecule has 0 aromatic heterocycles. The van der Waals surface area contributed by atoms with Crippen molar-refractivity contribution in [3.05, 3.63) is 65.5 Å². The first-order valence-corrected chi connectivity index (χ1v) is 9.14. The van der Waals surface area contributed by atoms with Gasteiger partial charge in [-0.05, 0) is 23.8 Å². The van der Waals surface area contributed by atoms with E-state index in [2.05, 4.69) is 0 Å². The minimum absolute atomic E-state index is 0.0106. The van der Waals surface area contributed by atoms with E-state index in [0.29, 0.717) is 5.69 Å². The Bertz CT molecular complexity index is 919. The summed E-state index contributed by atoms with van der Waals surface area (Å²) in [5.74, 6) is -1.34. The molecule has 2 aromatic carbocycles. The molecule has 0 saturated carbocycles. The Morgan fingerprint density at radius 2 is 1.89 bits per heavy atom. The predicted molar refractivity (Wildman–Crippen MR) is 101 cm³/mol. The fourth-order valence-corrected chi connectivity index (χ4v) is 4.41. The molecule has 2 amide bonds. The van der Waals surface area contributed by atoms with E-state index in [0.717, 1.165) is 5.56 Å². The molecular formula is C21H21FN2O4. The summed E-state index contributed by atoms with van der Waals surface area (Å²) >= 11 is 0. The first-order valence-electron chi connectivity index (χ1n) is 9.14. The van der Waals surface area contributed by atoms with Crippen LogP contribution in [0.2, 0.25) is 0 Å². The van der Waals surface area contributed by atoms with Gasteiger partial charge in [-0.25, -0.2) is 4.39 Å². The van der Waals surface area contributed by atoms with Crippen molar-refractivity contribution in [1.29, 1.82) is 0 Å². The lowest BCUT2D eigenvalue weighted by Crippen LogP contribution is -2.71. The molecule has 2 aromatic rings. The summed E-state index contributed by atoms with van der Waals surface area (Å²) in [5.41, 5.74) is 1.56. The van der Waals surface area contributed by atoms with Crippen LogP contribution in [0.5, 0.6) is 0 Å². The maximum atomic E-state index is 14.2. The molecule has 1 N–H and O–H groups in total. The number of para-hydroxylation sites is 1. The van der Waals surface area contributed by atoms with Crippen molar-refractivity contribution in [3.8, 4) is 0 Å². The summed E-state index contributed by atoms with van der Waals surface area (Å²) in [6, 6.07) is 12.6. The lowest BCUT2D eigenvalue weighted by Gasteiger charge is -2.58. The molecule has 2 aliphatic heterocycles. The van der Waals surface area contributed by atoms with Crippen LogP contribution >= 0.6 is 0 Å². The van der Waals surface area contributed by atoms with Gasteiger partial charge >= 0.3 is 0 Å². The van der Waals surface area contributed by atoms with Gasteiger partial charge in [-0.2, -0.15) is 0 Å². The summed E-state index contributed by atoms with van der Waals surface area (Å²) in [4.78, 5) is 28.7. The molecule has 0 spiro atoms. The zero-order valence-electron chi connectivity index (χ0n) is 15.4. The van der Waals surface area contributed by atoms with E-state index >= 15 is 0 Å². The van der Waals surface area contributed by atoms with Gasteiger partial charge in [-0.3, -0.25) is 9.59 Å². The number of aliphatic hydroxyl groups is 1. The van der Waals surface area contributed by atoms with E-state index in [1.165, 1.54) is 30.2 Å². The Hall–Kier alpha value is -2.77. The summed E-state index contributed by atoms with van der Waals surface area (Å²) in [7, 11) is 1.44. The number of aliphatic hydroxyl groups excluding tert-OH is 1. The number of amides is 2. The Morgan fingerprint density at radius 1 is 1.18 bits per heavy atom. The molecule has 146 valence electrons. The summed E-state index contributed by atoms with van der Waals surface area (Å²) < 4.78 is 19.2. The molecule has 0 bridgehead atoms. The second kappa shape index (κ2) is 7.33. The molecule has 7 heteroatoms. The number of ether oxygens (including phenoxy) is 1. The Balaban J connectivity index is 1.74. The third kappa shape index (κ3) is 2.78. The van der Waals surface area contributed by atoms with Crippen LogP contribution < -0.4 is 4.90 Å². The van der Waals surface area contributed by atoms with Gasteiger partial charge in [0.25, 0.3) is 5.91 Å². The Kier molecular flexibility index (Phi) is 4.87. The number of hydrogen-bond donors (Lipinski definition) is 1. The SMILES string of the molecule is COCC(=O)N1[C@H](CO)[C@H]2c3ccccc3N(C(=O)c3ccccc3F)C[C@H]21. The second-order valence-electron chi connectivity index (χ2n) is 7.03. The van der Waals surface area contributed by atoms with Crippen LogP contribution in [0.15, 0.2) is 48.5 Å². The molecular weight excluding hydrogens is 363 g/mol. The molecule has 1 fully saturated rings. The van der Waals surface area contributed by atoms with Crippen molar-refractivity contribution < 1.29 is 23.8 Å². The van der Waals surface area contributed by atoms with Crippen molar-refractivity contribution in [2.45, 2.75) is 18.0 Å². The fourth-order valence-electron chi connectivity index (χ4n) is 4.41. The molecule has 28 heavy (non-hydrogen) atoms. The monoisotopic (exact) mass is 384 g/mol. The van der Waals surface area contributed by atoms with Gasteiger partial charge in [0.05, 0.1) is 24.3 Å². The van der Waals surface area contributed by atoms with Crippen LogP contribution in [-0.2, 0) is 9.53 Å². The zero-order valence-corrected chi connectivity index (χ0v) is 15.4.